The van der Waals surface area contributed by atoms with Crippen LogP contribution >= 0.6 is 11.3 Å². The average Bonchev–Trinajstić information content (AvgIpc) is 2.94. The molecule has 5 heteroatoms. The van der Waals surface area contributed by atoms with E-state index in [9.17, 15) is 0 Å². The zero-order valence-electron chi connectivity index (χ0n) is 11.7. The minimum atomic E-state index is 0.704. The van der Waals surface area contributed by atoms with Gasteiger partial charge in [-0.2, -0.15) is 0 Å². The lowest BCUT2D eigenvalue weighted by molar-refractivity contribution is 0.198. The fourth-order valence-corrected chi connectivity index (χ4v) is 3.86. The van der Waals surface area contributed by atoms with Crippen LogP contribution in [0.5, 0.6) is 0 Å². The molecule has 0 aromatic carbocycles. The molecular weight excluding hydrogens is 256 g/mol. The summed E-state index contributed by atoms with van der Waals surface area (Å²) in [5.41, 5.74) is 0. The van der Waals surface area contributed by atoms with Crippen LogP contribution in [0, 0.1) is 5.92 Å². The minimum Gasteiger partial charge on any atom is -0.346 e. The summed E-state index contributed by atoms with van der Waals surface area (Å²) in [6, 6.07) is 0.704. The van der Waals surface area contributed by atoms with Crippen molar-refractivity contribution in [1.29, 1.82) is 0 Å². The van der Waals surface area contributed by atoms with E-state index in [0.29, 0.717) is 6.04 Å². The number of hydrogen-bond donors (Lipinski definition) is 1. The van der Waals surface area contributed by atoms with Gasteiger partial charge in [0.15, 0.2) is 5.13 Å². The van der Waals surface area contributed by atoms with E-state index in [2.05, 4.69) is 32.4 Å². The van der Waals surface area contributed by atoms with Crippen molar-refractivity contribution < 1.29 is 0 Å². The molecule has 106 valence electrons. The highest BCUT2D eigenvalue weighted by Crippen LogP contribution is 2.20. The Hall–Kier alpha value is -0.650. The number of nitrogens with one attached hydrogen (secondary N) is 1. The number of anilines is 1. The zero-order chi connectivity index (χ0) is 13.1. The van der Waals surface area contributed by atoms with E-state index in [0.717, 1.165) is 19.0 Å². The Labute approximate surface area is 119 Å². The van der Waals surface area contributed by atoms with Gasteiger partial charge in [-0.25, -0.2) is 4.98 Å². The van der Waals surface area contributed by atoms with Gasteiger partial charge in [-0.05, 0) is 25.3 Å². The number of nitrogens with zero attached hydrogens (tertiary/aromatic N) is 3. The second-order valence-corrected chi connectivity index (χ2v) is 6.76. The lowest BCUT2D eigenvalue weighted by atomic mass is 9.94. The molecule has 2 aliphatic heterocycles. The summed E-state index contributed by atoms with van der Waals surface area (Å²) in [4.78, 5) is 9.43. The summed E-state index contributed by atoms with van der Waals surface area (Å²) >= 11 is 1.75. The Balaban J connectivity index is 1.45. The molecule has 0 saturated carbocycles. The first-order valence-electron chi connectivity index (χ1n) is 7.41. The third kappa shape index (κ3) is 3.46. The van der Waals surface area contributed by atoms with Crippen LogP contribution < -0.4 is 10.2 Å². The van der Waals surface area contributed by atoms with Gasteiger partial charge < -0.3 is 10.2 Å². The lowest BCUT2D eigenvalue weighted by Crippen LogP contribution is -2.52. The average molecular weight is 280 g/mol. The van der Waals surface area contributed by atoms with Crippen LogP contribution in [-0.4, -0.2) is 55.2 Å². The quantitative estimate of drug-likeness (QED) is 0.912. The first-order chi connectivity index (χ1) is 9.31. The summed E-state index contributed by atoms with van der Waals surface area (Å²) in [5.74, 6) is 0.892. The van der Waals surface area contributed by atoms with Gasteiger partial charge >= 0.3 is 0 Å². The Bertz CT molecular complexity index is 373. The van der Waals surface area contributed by atoms with E-state index in [4.69, 9.17) is 0 Å². The van der Waals surface area contributed by atoms with Crippen LogP contribution in [0.4, 0.5) is 5.13 Å². The third-order valence-electron chi connectivity index (χ3n) is 4.30. The molecule has 3 rings (SSSR count). The largest absolute Gasteiger partial charge is 0.346 e. The molecule has 1 aromatic heterocycles. The van der Waals surface area contributed by atoms with Gasteiger partial charge in [0.05, 0.1) is 0 Å². The number of aromatic nitrogens is 1. The highest BCUT2D eigenvalue weighted by atomic mass is 32.1. The van der Waals surface area contributed by atoms with Crippen molar-refractivity contribution in [2.24, 2.45) is 5.92 Å². The van der Waals surface area contributed by atoms with Crippen molar-refractivity contribution in [3.63, 3.8) is 0 Å². The smallest absolute Gasteiger partial charge is 0.185 e. The molecule has 2 saturated heterocycles. The van der Waals surface area contributed by atoms with E-state index in [1.54, 1.807) is 11.3 Å². The summed E-state index contributed by atoms with van der Waals surface area (Å²) < 4.78 is 0. The highest BCUT2D eigenvalue weighted by Gasteiger charge is 2.24. The molecule has 0 aliphatic carbocycles. The summed E-state index contributed by atoms with van der Waals surface area (Å²) in [7, 11) is 0. The molecule has 1 aromatic rings. The molecule has 0 radical (unpaired) electrons. The van der Waals surface area contributed by atoms with E-state index in [1.807, 2.05) is 6.20 Å². The van der Waals surface area contributed by atoms with Gasteiger partial charge in [0.25, 0.3) is 0 Å². The number of piperazine rings is 1. The molecule has 1 N–H and O–H groups in total. The molecule has 3 heterocycles. The molecule has 2 fully saturated rings. The molecule has 0 bridgehead atoms. The maximum atomic E-state index is 4.40. The predicted octanol–water partition coefficient (Wildman–Crippen LogP) is 1.65. The number of rotatable bonds is 3. The summed E-state index contributed by atoms with van der Waals surface area (Å²) in [5, 5.41) is 6.92. The van der Waals surface area contributed by atoms with Crippen molar-refractivity contribution in [3.8, 4) is 0 Å². The van der Waals surface area contributed by atoms with Gasteiger partial charge in [-0.3, -0.25) is 4.90 Å². The van der Waals surface area contributed by atoms with Gasteiger partial charge in [-0.15, -0.1) is 11.3 Å². The summed E-state index contributed by atoms with van der Waals surface area (Å²) in [6.45, 7) is 9.39. The van der Waals surface area contributed by atoms with Crippen LogP contribution in [-0.2, 0) is 0 Å². The molecule has 0 amide bonds. The monoisotopic (exact) mass is 280 g/mol. The van der Waals surface area contributed by atoms with Crippen molar-refractivity contribution in [3.05, 3.63) is 11.6 Å². The second-order valence-electron chi connectivity index (χ2n) is 5.88. The zero-order valence-corrected chi connectivity index (χ0v) is 12.5. The van der Waals surface area contributed by atoms with Gasteiger partial charge in [0.2, 0.25) is 0 Å². The van der Waals surface area contributed by atoms with Crippen LogP contribution in [0.25, 0.3) is 0 Å². The van der Waals surface area contributed by atoms with Crippen molar-refractivity contribution in [2.45, 2.75) is 25.8 Å². The van der Waals surface area contributed by atoms with E-state index in [1.165, 1.54) is 44.2 Å². The van der Waals surface area contributed by atoms with E-state index in [-0.39, 0.29) is 0 Å². The highest BCUT2D eigenvalue weighted by molar-refractivity contribution is 7.13. The molecule has 2 unspecified atom stereocenters. The Morgan fingerprint density at radius 1 is 1.37 bits per heavy atom. The maximum Gasteiger partial charge on any atom is 0.185 e. The normalized spacial score (nSPS) is 29.6. The fourth-order valence-electron chi connectivity index (χ4n) is 3.17. The molecule has 19 heavy (non-hydrogen) atoms. The molecule has 0 spiro atoms. The van der Waals surface area contributed by atoms with Crippen LogP contribution in [0.1, 0.15) is 19.8 Å². The van der Waals surface area contributed by atoms with Gasteiger partial charge in [-0.1, -0.05) is 6.92 Å². The van der Waals surface area contributed by atoms with Crippen LogP contribution in [0.2, 0.25) is 0 Å². The van der Waals surface area contributed by atoms with Gasteiger partial charge in [0, 0.05) is 50.3 Å². The fraction of sp³-hybridized carbons (Fsp3) is 0.786. The summed E-state index contributed by atoms with van der Waals surface area (Å²) in [6.07, 6.45) is 4.58. The first-order valence-corrected chi connectivity index (χ1v) is 8.29. The minimum absolute atomic E-state index is 0.704. The van der Waals surface area contributed by atoms with Crippen LogP contribution in [0.15, 0.2) is 11.6 Å². The Morgan fingerprint density at radius 2 is 2.21 bits per heavy atom. The molecule has 2 atom stereocenters. The maximum absolute atomic E-state index is 4.40. The van der Waals surface area contributed by atoms with Gasteiger partial charge in [0.1, 0.15) is 0 Å². The number of thiazole rings is 1. The lowest BCUT2D eigenvalue weighted by Gasteiger charge is -2.38. The second kappa shape index (κ2) is 6.20. The Morgan fingerprint density at radius 3 is 2.89 bits per heavy atom. The Kier molecular flexibility index (Phi) is 4.35. The third-order valence-corrected chi connectivity index (χ3v) is 5.13. The standard InChI is InChI=1S/C14H24N4S/c1-12-2-3-15-13(10-12)11-17-5-7-18(8-6-17)14-16-4-9-19-14/h4,9,12-13,15H,2-3,5-8,10-11H2,1H3. The van der Waals surface area contributed by atoms with Crippen molar-refractivity contribution in [2.75, 3.05) is 44.2 Å². The number of hydrogen-bond acceptors (Lipinski definition) is 5. The van der Waals surface area contributed by atoms with E-state index >= 15 is 0 Å². The SMILES string of the molecule is CC1CCNC(CN2CCN(c3nccs3)CC2)C1. The molecule has 2 aliphatic rings. The van der Waals surface area contributed by atoms with Crippen molar-refractivity contribution in [1.82, 2.24) is 15.2 Å². The molecular formula is C14H24N4S. The predicted molar refractivity (Wildman–Crippen MR) is 81.0 cm³/mol. The number of piperidine rings is 1. The first kappa shape index (κ1) is 13.3. The van der Waals surface area contributed by atoms with Crippen molar-refractivity contribution >= 4 is 16.5 Å². The topological polar surface area (TPSA) is 31.4 Å². The molecule has 4 nitrogen and oxygen atoms in total. The van der Waals surface area contributed by atoms with Crippen LogP contribution in [0.3, 0.4) is 0 Å². The van der Waals surface area contributed by atoms with E-state index < -0.39 is 0 Å².